The molecule has 0 spiro atoms. The lowest BCUT2D eigenvalue weighted by atomic mass is 9.90. The summed E-state index contributed by atoms with van der Waals surface area (Å²) in [5, 5.41) is 9.61. The number of hydrogen-bond acceptors (Lipinski definition) is 4. The molecule has 3 atom stereocenters. The van der Waals surface area contributed by atoms with Gasteiger partial charge in [-0.05, 0) is 43.4 Å². The SMILES string of the molecule is N#Cc1c(N2C[C@@H]3CN4CCCC[C@H]4[C@@H]3C2)nc2ccccn12. The monoisotopic (exact) mass is 307 g/mol. The van der Waals surface area contributed by atoms with Crippen LogP contribution in [0.1, 0.15) is 25.0 Å². The maximum absolute atomic E-state index is 9.61. The Morgan fingerprint density at radius 3 is 3.04 bits per heavy atom. The molecular weight excluding hydrogens is 286 g/mol. The zero-order valence-electron chi connectivity index (χ0n) is 13.2. The second kappa shape index (κ2) is 4.97. The minimum atomic E-state index is 0.682. The quantitative estimate of drug-likeness (QED) is 0.810. The van der Waals surface area contributed by atoms with Crippen LogP contribution in [0.25, 0.3) is 5.65 Å². The van der Waals surface area contributed by atoms with Crippen LogP contribution in [0.15, 0.2) is 24.4 Å². The van der Waals surface area contributed by atoms with E-state index in [1.807, 2.05) is 28.8 Å². The Bertz CT molecular complexity index is 788. The highest BCUT2D eigenvalue weighted by atomic mass is 15.3. The van der Waals surface area contributed by atoms with E-state index in [1.165, 1.54) is 32.4 Å². The zero-order valence-corrected chi connectivity index (χ0v) is 13.2. The number of piperidine rings is 1. The molecule has 0 amide bonds. The average Bonchev–Trinajstić information content (AvgIpc) is 3.24. The molecule has 3 saturated heterocycles. The molecule has 5 heterocycles. The van der Waals surface area contributed by atoms with Crippen molar-refractivity contribution in [3.63, 3.8) is 0 Å². The predicted octanol–water partition coefficient (Wildman–Crippen LogP) is 2.13. The number of pyridine rings is 1. The van der Waals surface area contributed by atoms with Crippen LogP contribution in [0, 0.1) is 23.2 Å². The number of hydrogen-bond donors (Lipinski definition) is 0. The summed E-state index contributed by atoms with van der Waals surface area (Å²) in [6, 6.07) is 9.04. The lowest BCUT2D eigenvalue weighted by Crippen LogP contribution is -2.40. The van der Waals surface area contributed by atoms with Crippen LogP contribution in [0.4, 0.5) is 5.82 Å². The lowest BCUT2D eigenvalue weighted by molar-refractivity contribution is 0.173. The van der Waals surface area contributed by atoms with Crippen molar-refractivity contribution in [3.05, 3.63) is 30.1 Å². The standard InChI is InChI=1S/C18H21N5/c19-9-16-18(20-17-6-2-4-8-23(16)17)22-11-13-10-21-7-3-1-5-15(21)14(13)12-22/h2,4,6,8,13-15H,1,3,5,7,10-12H2/t13-,14+,15-/m0/s1. The summed E-state index contributed by atoms with van der Waals surface area (Å²) in [7, 11) is 0. The molecule has 118 valence electrons. The van der Waals surface area contributed by atoms with Crippen molar-refractivity contribution in [1.82, 2.24) is 14.3 Å². The molecule has 2 aromatic rings. The van der Waals surface area contributed by atoms with Crippen molar-refractivity contribution in [2.75, 3.05) is 31.1 Å². The summed E-state index contributed by atoms with van der Waals surface area (Å²) < 4.78 is 1.91. The van der Waals surface area contributed by atoms with Crippen LogP contribution in [0.3, 0.4) is 0 Å². The number of imidazole rings is 1. The van der Waals surface area contributed by atoms with E-state index in [-0.39, 0.29) is 0 Å². The summed E-state index contributed by atoms with van der Waals surface area (Å²) in [4.78, 5) is 9.83. The molecule has 0 saturated carbocycles. The number of anilines is 1. The first-order chi connectivity index (χ1) is 11.3. The highest BCUT2D eigenvalue weighted by Crippen LogP contribution is 2.42. The Morgan fingerprint density at radius 2 is 2.13 bits per heavy atom. The fraction of sp³-hybridized carbons (Fsp3) is 0.556. The second-order valence-corrected chi connectivity index (χ2v) is 7.21. The minimum absolute atomic E-state index is 0.682. The van der Waals surface area contributed by atoms with E-state index in [9.17, 15) is 5.26 Å². The largest absolute Gasteiger partial charge is 0.353 e. The van der Waals surface area contributed by atoms with Crippen LogP contribution in [-0.2, 0) is 0 Å². The van der Waals surface area contributed by atoms with Gasteiger partial charge in [-0.2, -0.15) is 5.26 Å². The summed E-state index contributed by atoms with van der Waals surface area (Å²) >= 11 is 0. The molecule has 23 heavy (non-hydrogen) atoms. The Kier molecular flexibility index (Phi) is 2.89. The van der Waals surface area contributed by atoms with Crippen molar-refractivity contribution in [3.8, 4) is 6.07 Å². The van der Waals surface area contributed by atoms with Crippen LogP contribution in [-0.4, -0.2) is 46.5 Å². The highest BCUT2D eigenvalue weighted by Gasteiger charge is 2.47. The summed E-state index contributed by atoms with van der Waals surface area (Å²) in [6.07, 6.45) is 6.03. The minimum Gasteiger partial charge on any atom is -0.353 e. The normalized spacial score (nSPS) is 30.4. The molecule has 5 heteroatoms. The molecule has 5 nitrogen and oxygen atoms in total. The number of fused-ring (bicyclic) bond motifs is 4. The third-order valence-electron chi connectivity index (χ3n) is 6.04. The van der Waals surface area contributed by atoms with Crippen molar-refractivity contribution < 1.29 is 0 Å². The van der Waals surface area contributed by atoms with Crippen molar-refractivity contribution in [2.45, 2.75) is 25.3 Å². The first kappa shape index (κ1) is 13.4. The Balaban J connectivity index is 1.48. The molecule has 0 radical (unpaired) electrons. The number of nitrogens with zero attached hydrogens (tertiary/aromatic N) is 5. The molecule has 3 aliphatic heterocycles. The van der Waals surface area contributed by atoms with Gasteiger partial charge in [-0.15, -0.1) is 0 Å². The third-order valence-corrected chi connectivity index (χ3v) is 6.04. The number of rotatable bonds is 1. The Hall–Kier alpha value is -2.06. The van der Waals surface area contributed by atoms with Gasteiger partial charge in [0.1, 0.15) is 11.7 Å². The molecule has 0 unspecified atom stereocenters. The van der Waals surface area contributed by atoms with E-state index in [0.29, 0.717) is 5.69 Å². The van der Waals surface area contributed by atoms with Gasteiger partial charge in [0.05, 0.1) is 0 Å². The van der Waals surface area contributed by atoms with Gasteiger partial charge in [0.25, 0.3) is 0 Å². The molecule has 3 aliphatic rings. The topological polar surface area (TPSA) is 47.6 Å². The summed E-state index contributed by atoms with van der Waals surface area (Å²) in [5.41, 5.74) is 1.55. The van der Waals surface area contributed by atoms with Crippen LogP contribution >= 0.6 is 0 Å². The Morgan fingerprint density at radius 1 is 1.17 bits per heavy atom. The molecule has 0 N–H and O–H groups in total. The molecule has 0 aliphatic carbocycles. The van der Waals surface area contributed by atoms with Gasteiger partial charge in [-0.25, -0.2) is 4.98 Å². The van der Waals surface area contributed by atoms with Gasteiger partial charge in [-0.1, -0.05) is 12.5 Å². The van der Waals surface area contributed by atoms with Crippen molar-refractivity contribution >= 4 is 11.5 Å². The third kappa shape index (κ3) is 1.91. The van der Waals surface area contributed by atoms with Gasteiger partial charge < -0.3 is 4.90 Å². The maximum Gasteiger partial charge on any atom is 0.169 e. The van der Waals surface area contributed by atoms with E-state index in [4.69, 9.17) is 4.98 Å². The molecule has 2 aromatic heterocycles. The maximum atomic E-state index is 9.61. The number of nitriles is 1. The van der Waals surface area contributed by atoms with Gasteiger partial charge >= 0.3 is 0 Å². The summed E-state index contributed by atoms with van der Waals surface area (Å²) in [6.45, 7) is 4.64. The molecule has 0 aromatic carbocycles. The van der Waals surface area contributed by atoms with Crippen molar-refractivity contribution in [2.24, 2.45) is 11.8 Å². The van der Waals surface area contributed by atoms with E-state index in [1.54, 1.807) is 0 Å². The predicted molar refractivity (Wildman–Crippen MR) is 88.3 cm³/mol. The van der Waals surface area contributed by atoms with Crippen LogP contribution < -0.4 is 4.90 Å². The molecule has 0 bridgehead atoms. The zero-order chi connectivity index (χ0) is 15.4. The van der Waals surface area contributed by atoms with Gasteiger partial charge in [0, 0.05) is 31.9 Å². The lowest BCUT2D eigenvalue weighted by Gasteiger charge is -2.33. The van der Waals surface area contributed by atoms with Gasteiger partial charge in [0.2, 0.25) is 0 Å². The van der Waals surface area contributed by atoms with Gasteiger partial charge in [0.15, 0.2) is 11.5 Å². The van der Waals surface area contributed by atoms with Crippen molar-refractivity contribution in [1.29, 1.82) is 5.26 Å². The molecule has 3 fully saturated rings. The smallest absolute Gasteiger partial charge is 0.169 e. The fourth-order valence-electron chi connectivity index (χ4n) is 5.04. The second-order valence-electron chi connectivity index (χ2n) is 7.21. The van der Waals surface area contributed by atoms with E-state index in [0.717, 1.165) is 42.4 Å². The van der Waals surface area contributed by atoms with E-state index >= 15 is 0 Å². The van der Waals surface area contributed by atoms with Crippen LogP contribution in [0.5, 0.6) is 0 Å². The fourth-order valence-corrected chi connectivity index (χ4v) is 5.04. The first-order valence-electron chi connectivity index (χ1n) is 8.71. The first-order valence-corrected chi connectivity index (χ1v) is 8.71. The molecule has 5 rings (SSSR count). The average molecular weight is 307 g/mol. The number of aromatic nitrogens is 2. The molecular formula is C18H21N5. The summed E-state index contributed by atoms with van der Waals surface area (Å²) in [5.74, 6) is 2.39. The highest BCUT2D eigenvalue weighted by molar-refractivity contribution is 5.61. The van der Waals surface area contributed by atoms with E-state index in [2.05, 4.69) is 15.9 Å². The Labute approximate surface area is 136 Å². The van der Waals surface area contributed by atoms with Gasteiger partial charge in [-0.3, -0.25) is 9.30 Å². The van der Waals surface area contributed by atoms with E-state index < -0.39 is 0 Å². The van der Waals surface area contributed by atoms with Crippen LogP contribution in [0.2, 0.25) is 0 Å².